The number of rotatable bonds is 5. The number of hydrogen-bond acceptors (Lipinski definition) is 4. The average molecular weight is 440 g/mol. The van der Waals surface area contributed by atoms with Crippen LogP contribution in [0.5, 0.6) is 0 Å². The Morgan fingerprint density at radius 2 is 1.94 bits per heavy atom. The highest BCUT2D eigenvalue weighted by Gasteiger charge is 2.34. The Morgan fingerprint density at radius 1 is 1.16 bits per heavy atom. The maximum Gasteiger partial charge on any atom is 0.320 e. The number of fused-ring (bicyclic) bond motifs is 2. The number of amides is 1. The molecule has 0 aliphatic heterocycles. The lowest BCUT2D eigenvalue weighted by Crippen LogP contribution is -2.44. The van der Waals surface area contributed by atoms with Crippen molar-refractivity contribution in [2.45, 2.75) is 44.9 Å². The molecule has 162 valence electrons. The van der Waals surface area contributed by atoms with E-state index in [0.717, 1.165) is 22.0 Å². The van der Waals surface area contributed by atoms with E-state index in [1.165, 1.54) is 0 Å². The summed E-state index contributed by atoms with van der Waals surface area (Å²) in [5.41, 5.74) is 3.01. The third kappa shape index (κ3) is 4.92. The number of carbonyl (C=O) groups is 2. The summed E-state index contributed by atoms with van der Waals surface area (Å²) in [5.74, 6) is -0.524. The maximum absolute atomic E-state index is 13.0. The van der Waals surface area contributed by atoms with Crippen LogP contribution in [0, 0.1) is 0 Å². The maximum atomic E-state index is 13.0. The van der Waals surface area contributed by atoms with Gasteiger partial charge in [0.05, 0.1) is 18.6 Å². The average Bonchev–Trinajstić information content (AvgIpc) is 3.25. The molecule has 1 heterocycles. The molecule has 1 aliphatic carbocycles. The van der Waals surface area contributed by atoms with Crippen LogP contribution in [0.1, 0.15) is 48.4 Å². The highest BCUT2D eigenvalue weighted by molar-refractivity contribution is 6.31. The molecule has 31 heavy (non-hydrogen) atoms. The molecule has 0 bridgehead atoms. The summed E-state index contributed by atoms with van der Waals surface area (Å²) < 4.78 is 5.41. The molecule has 2 atom stereocenters. The number of esters is 1. The van der Waals surface area contributed by atoms with E-state index >= 15 is 0 Å². The summed E-state index contributed by atoms with van der Waals surface area (Å²) in [5, 5.41) is 7.91. The molecule has 6 nitrogen and oxygen atoms in total. The molecular weight excluding hydrogens is 414 g/mol. The van der Waals surface area contributed by atoms with Crippen LogP contribution in [0.25, 0.3) is 10.9 Å². The first kappa shape index (κ1) is 21.4. The van der Waals surface area contributed by atoms with Crippen molar-refractivity contribution >= 4 is 34.4 Å². The first-order valence-corrected chi connectivity index (χ1v) is 10.7. The number of halogens is 1. The van der Waals surface area contributed by atoms with Gasteiger partial charge in [0.25, 0.3) is 5.91 Å². The largest absolute Gasteiger partial charge is 0.459 e. The van der Waals surface area contributed by atoms with E-state index < -0.39 is 5.60 Å². The second-order valence-corrected chi connectivity index (χ2v) is 9.28. The van der Waals surface area contributed by atoms with E-state index in [1.807, 2.05) is 51.1 Å². The first-order chi connectivity index (χ1) is 14.7. The lowest BCUT2D eigenvalue weighted by molar-refractivity contribution is -0.153. The summed E-state index contributed by atoms with van der Waals surface area (Å²) in [6, 6.07) is 14.9. The van der Waals surface area contributed by atoms with E-state index in [9.17, 15) is 9.59 Å². The normalized spacial score (nSPS) is 18.1. The number of H-pyrrole nitrogens is 1. The molecule has 0 radical (unpaired) electrons. The van der Waals surface area contributed by atoms with Crippen molar-refractivity contribution in [3.63, 3.8) is 0 Å². The Kier molecular flexibility index (Phi) is 5.77. The summed E-state index contributed by atoms with van der Waals surface area (Å²) in [7, 11) is 0. The second kappa shape index (κ2) is 8.36. The van der Waals surface area contributed by atoms with Crippen LogP contribution in [0.15, 0.2) is 48.5 Å². The van der Waals surface area contributed by atoms with Crippen molar-refractivity contribution in [2.24, 2.45) is 0 Å². The third-order valence-corrected chi connectivity index (χ3v) is 5.50. The minimum Gasteiger partial charge on any atom is -0.459 e. The Labute approximate surface area is 186 Å². The molecule has 7 heteroatoms. The van der Waals surface area contributed by atoms with Crippen molar-refractivity contribution in [1.82, 2.24) is 15.6 Å². The van der Waals surface area contributed by atoms with E-state index in [2.05, 4.69) is 21.7 Å². The molecule has 3 N–H and O–H groups in total. The summed E-state index contributed by atoms with van der Waals surface area (Å²) in [6.07, 6.45) is 0.681. The number of aromatic nitrogens is 1. The van der Waals surface area contributed by atoms with Crippen molar-refractivity contribution < 1.29 is 14.3 Å². The van der Waals surface area contributed by atoms with Gasteiger partial charge < -0.3 is 15.0 Å². The minimum atomic E-state index is -0.543. The minimum absolute atomic E-state index is 0.0630. The predicted octanol–water partition coefficient (Wildman–Crippen LogP) is 4.15. The fourth-order valence-electron chi connectivity index (χ4n) is 4.02. The first-order valence-electron chi connectivity index (χ1n) is 10.3. The van der Waals surface area contributed by atoms with Crippen molar-refractivity contribution in [3.8, 4) is 0 Å². The van der Waals surface area contributed by atoms with Crippen LogP contribution in [-0.4, -0.2) is 35.0 Å². The molecule has 3 aromatic rings. The number of nitrogens with one attached hydrogen (secondary N) is 3. The number of hydrogen-bond donors (Lipinski definition) is 3. The zero-order valence-electron chi connectivity index (χ0n) is 17.8. The standard InChI is InChI=1S/C24H26ClN3O3/c1-24(2,3)31-21(29)13-26-22-17-7-5-4-6-14(17)11-19(22)28-23(30)20-12-15-10-16(25)8-9-18(15)27-20/h4-10,12,19,22,26-27H,11,13H2,1-3H3,(H,28,30). The molecule has 0 saturated heterocycles. The van der Waals surface area contributed by atoms with Gasteiger partial charge in [-0.15, -0.1) is 0 Å². The van der Waals surface area contributed by atoms with Crippen LogP contribution < -0.4 is 10.6 Å². The van der Waals surface area contributed by atoms with Crippen molar-refractivity contribution in [1.29, 1.82) is 0 Å². The molecule has 1 aromatic heterocycles. The molecule has 1 aliphatic rings. The Bertz CT molecular complexity index is 1130. The van der Waals surface area contributed by atoms with Crippen LogP contribution in [0.2, 0.25) is 5.02 Å². The van der Waals surface area contributed by atoms with E-state index in [4.69, 9.17) is 16.3 Å². The Balaban J connectivity index is 1.50. The quantitative estimate of drug-likeness (QED) is 0.521. The van der Waals surface area contributed by atoms with Gasteiger partial charge in [-0.2, -0.15) is 0 Å². The lowest BCUT2D eigenvalue weighted by Gasteiger charge is -2.24. The molecule has 2 unspecified atom stereocenters. The molecule has 2 aromatic carbocycles. The van der Waals surface area contributed by atoms with Crippen molar-refractivity contribution in [2.75, 3.05) is 6.54 Å². The van der Waals surface area contributed by atoms with E-state index in [1.54, 1.807) is 12.1 Å². The highest BCUT2D eigenvalue weighted by atomic mass is 35.5. The van der Waals surface area contributed by atoms with Gasteiger partial charge in [-0.25, -0.2) is 0 Å². The number of aromatic amines is 1. The van der Waals surface area contributed by atoms with Gasteiger partial charge in [0.1, 0.15) is 11.3 Å². The zero-order valence-corrected chi connectivity index (χ0v) is 18.5. The van der Waals surface area contributed by atoms with Crippen LogP contribution in [0.4, 0.5) is 0 Å². The van der Waals surface area contributed by atoms with Gasteiger partial charge in [-0.05, 0) is 62.6 Å². The molecule has 0 spiro atoms. The molecular formula is C24H26ClN3O3. The van der Waals surface area contributed by atoms with Gasteiger partial charge >= 0.3 is 5.97 Å². The van der Waals surface area contributed by atoms with Crippen molar-refractivity contribution in [3.05, 3.63) is 70.4 Å². The predicted molar refractivity (Wildman–Crippen MR) is 121 cm³/mol. The molecule has 1 amide bonds. The Morgan fingerprint density at radius 3 is 2.71 bits per heavy atom. The fraction of sp³-hybridized carbons (Fsp3) is 0.333. The van der Waals surface area contributed by atoms with Gasteiger partial charge in [0, 0.05) is 15.9 Å². The highest BCUT2D eigenvalue weighted by Crippen LogP contribution is 2.31. The number of benzene rings is 2. The second-order valence-electron chi connectivity index (χ2n) is 8.84. The summed E-state index contributed by atoms with van der Waals surface area (Å²) >= 11 is 6.06. The summed E-state index contributed by atoms with van der Waals surface area (Å²) in [6.45, 7) is 5.58. The van der Waals surface area contributed by atoms with Gasteiger partial charge in [0.2, 0.25) is 0 Å². The SMILES string of the molecule is CC(C)(C)OC(=O)CNC1c2ccccc2CC1NC(=O)c1cc2cc(Cl)ccc2[nH]1. The molecule has 0 fully saturated rings. The zero-order chi connectivity index (χ0) is 22.2. The van der Waals surface area contributed by atoms with Gasteiger partial charge in [-0.3, -0.25) is 14.9 Å². The Hall–Kier alpha value is -2.83. The van der Waals surface area contributed by atoms with Gasteiger partial charge in [-0.1, -0.05) is 35.9 Å². The number of ether oxygens (including phenoxy) is 1. The van der Waals surface area contributed by atoms with E-state index in [0.29, 0.717) is 17.1 Å². The fourth-order valence-corrected chi connectivity index (χ4v) is 4.20. The van der Waals surface area contributed by atoms with Crippen LogP contribution >= 0.6 is 11.6 Å². The molecule has 0 saturated carbocycles. The van der Waals surface area contributed by atoms with Crippen LogP contribution in [0.3, 0.4) is 0 Å². The monoisotopic (exact) mass is 439 g/mol. The summed E-state index contributed by atoms with van der Waals surface area (Å²) in [4.78, 5) is 28.3. The smallest absolute Gasteiger partial charge is 0.320 e. The van der Waals surface area contributed by atoms with E-state index in [-0.39, 0.29) is 30.5 Å². The third-order valence-electron chi connectivity index (χ3n) is 5.26. The van der Waals surface area contributed by atoms with Gasteiger partial charge in [0.15, 0.2) is 0 Å². The lowest BCUT2D eigenvalue weighted by atomic mass is 10.1. The van der Waals surface area contributed by atoms with Crippen LogP contribution in [-0.2, 0) is 16.0 Å². The molecule has 4 rings (SSSR count). The number of carbonyl (C=O) groups excluding carboxylic acids is 2. The topological polar surface area (TPSA) is 83.2 Å².